The monoisotopic (exact) mass is 428 g/mol. The highest BCUT2D eigenvalue weighted by Crippen LogP contribution is 2.22. The van der Waals surface area contributed by atoms with Crippen LogP contribution in [0.2, 0.25) is 5.02 Å². The van der Waals surface area contributed by atoms with Crippen molar-refractivity contribution in [2.75, 3.05) is 0 Å². The third-order valence-corrected chi connectivity index (χ3v) is 6.16. The van der Waals surface area contributed by atoms with E-state index in [0.717, 1.165) is 15.3 Å². The van der Waals surface area contributed by atoms with Crippen LogP contribution in [0.4, 0.5) is 0 Å². The Bertz CT molecular complexity index is 989. The molecular formula is C21H17ClN2O2S2. The molecule has 3 aromatic heterocycles. The number of aromatic nitrogens is 1. The van der Waals surface area contributed by atoms with Gasteiger partial charge in [-0.3, -0.25) is 4.79 Å². The Hall–Kier alpha value is -2.41. The second-order valence-corrected chi connectivity index (χ2v) is 8.74. The first kappa shape index (κ1) is 18.9. The van der Waals surface area contributed by atoms with Crippen molar-refractivity contribution in [1.82, 2.24) is 9.88 Å². The summed E-state index contributed by atoms with van der Waals surface area (Å²) >= 11 is 9.23. The normalized spacial score (nSPS) is 10.9. The summed E-state index contributed by atoms with van der Waals surface area (Å²) in [6.07, 6.45) is 1.75. The summed E-state index contributed by atoms with van der Waals surface area (Å²) in [5.41, 5.74) is 1.45. The average molecular weight is 429 g/mol. The van der Waals surface area contributed by atoms with Crippen LogP contribution in [-0.4, -0.2) is 15.8 Å². The Balaban J connectivity index is 1.48. The van der Waals surface area contributed by atoms with E-state index in [0.29, 0.717) is 29.7 Å². The minimum absolute atomic E-state index is 0.0257. The van der Waals surface area contributed by atoms with Gasteiger partial charge in [-0.1, -0.05) is 23.7 Å². The summed E-state index contributed by atoms with van der Waals surface area (Å²) in [5.74, 6) is 0.514. The van der Waals surface area contributed by atoms with Gasteiger partial charge in [0.1, 0.15) is 6.26 Å². The zero-order valence-electron chi connectivity index (χ0n) is 14.9. The molecule has 1 amide bonds. The summed E-state index contributed by atoms with van der Waals surface area (Å²) in [5, 5.41) is 4.71. The summed E-state index contributed by atoms with van der Waals surface area (Å²) in [4.78, 5) is 21.7. The average Bonchev–Trinajstić information content (AvgIpc) is 3.45. The fourth-order valence-corrected chi connectivity index (χ4v) is 4.36. The van der Waals surface area contributed by atoms with Crippen molar-refractivity contribution in [3.63, 3.8) is 0 Å². The van der Waals surface area contributed by atoms with Gasteiger partial charge in [-0.25, -0.2) is 4.98 Å². The first-order valence-corrected chi connectivity index (χ1v) is 10.8. The highest BCUT2D eigenvalue weighted by atomic mass is 35.5. The van der Waals surface area contributed by atoms with Gasteiger partial charge in [0, 0.05) is 20.3 Å². The predicted octanol–water partition coefficient (Wildman–Crippen LogP) is 5.89. The second kappa shape index (κ2) is 8.73. The molecule has 0 fully saturated rings. The zero-order chi connectivity index (χ0) is 19.3. The van der Waals surface area contributed by atoms with E-state index < -0.39 is 0 Å². The van der Waals surface area contributed by atoms with Crippen LogP contribution in [0.1, 0.15) is 15.4 Å². The van der Waals surface area contributed by atoms with E-state index in [1.165, 1.54) is 0 Å². The SMILES string of the molecule is O=C(Cc1coc(-c2ccc(Cl)cc2)n1)N(Cc1cccs1)Cc1cccs1. The minimum Gasteiger partial charge on any atom is -0.444 e. The van der Waals surface area contributed by atoms with Crippen LogP contribution in [0.3, 0.4) is 0 Å². The number of hydrogen-bond acceptors (Lipinski definition) is 5. The van der Waals surface area contributed by atoms with Crippen LogP contribution in [0.5, 0.6) is 0 Å². The minimum atomic E-state index is 0.0257. The maximum Gasteiger partial charge on any atom is 0.229 e. The molecule has 0 spiro atoms. The topological polar surface area (TPSA) is 46.3 Å². The lowest BCUT2D eigenvalue weighted by molar-refractivity contribution is -0.131. The van der Waals surface area contributed by atoms with Crippen LogP contribution < -0.4 is 0 Å². The number of oxazole rings is 1. The molecular weight excluding hydrogens is 412 g/mol. The molecule has 0 atom stereocenters. The number of thiophene rings is 2. The molecule has 0 aliphatic rings. The van der Waals surface area contributed by atoms with Gasteiger partial charge in [0.25, 0.3) is 0 Å². The van der Waals surface area contributed by atoms with E-state index in [1.807, 2.05) is 52.1 Å². The number of benzene rings is 1. The number of rotatable bonds is 7. The largest absolute Gasteiger partial charge is 0.444 e. The summed E-state index contributed by atoms with van der Waals surface area (Å²) in [6.45, 7) is 1.19. The Morgan fingerprint density at radius 2 is 1.64 bits per heavy atom. The van der Waals surface area contributed by atoms with Gasteiger partial charge in [-0.2, -0.15) is 0 Å². The number of halogens is 1. The van der Waals surface area contributed by atoms with Gasteiger partial charge >= 0.3 is 0 Å². The molecule has 0 bridgehead atoms. The van der Waals surface area contributed by atoms with Crippen molar-refractivity contribution in [2.45, 2.75) is 19.5 Å². The van der Waals surface area contributed by atoms with Gasteiger partial charge in [0.2, 0.25) is 11.8 Å². The Kier molecular flexibility index (Phi) is 5.90. The smallest absolute Gasteiger partial charge is 0.229 e. The van der Waals surface area contributed by atoms with E-state index in [4.69, 9.17) is 16.0 Å². The van der Waals surface area contributed by atoms with Gasteiger partial charge < -0.3 is 9.32 Å². The highest BCUT2D eigenvalue weighted by molar-refractivity contribution is 7.10. The highest BCUT2D eigenvalue weighted by Gasteiger charge is 2.18. The maximum atomic E-state index is 13.0. The summed E-state index contributed by atoms with van der Waals surface area (Å²) < 4.78 is 5.56. The van der Waals surface area contributed by atoms with Crippen molar-refractivity contribution < 1.29 is 9.21 Å². The van der Waals surface area contributed by atoms with Crippen LogP contribution >= 0.6 is 34.3 Å². The number of nitrogens with zero attached hydrogens (tertiary/aromatic N) is 2. The van der Waals surface area contributed by atoms with Crippen molar-refractivity contribution in [1.29, 1.82) is 0 Å². The molecule has 28 heavy (non-hydrogen) atoms. The molecule has 0 radical (unpaired) electrons. The van der Waals surface area contributed by atoms with Gasteiger partial charge in [-0.05, 0) is 47.2 Å². The van der Waals surface area contributed by atoms with Crippen LogP contribution in [0.15, 0.2) is 70.0 Å². The molecule has 1 aromatic carbocycles. The number of carbonyl (C=O) groups is 1. The molecule has 4 rings (SSSR count). The number of carbonyl (C=O) groups excluding carboxylic acids is 1. The van der Waals surface area contributed by atoms with E-state index in [1.54, 1.807) is 41.1 Å². The van der Waals surface area contributed by atoms with Gasteiger partial charge in [-0.15, -0.1) is 22.7 Å². The van der Waals surface area contributed by atoms with Crippen molar-refractivity contribution in [2.24, 2.45) is 0 Å². The molecule has 4 nitrogen and oxygen atoms in total. The van der Waals surface area contributed by atoms with E-state index in [-0.39, 0.29) is 12.3 Å². The van der Waals surface area contributed by atoms with Crippen molar-refractivity contribution >= 4 is 40.2 Å². The Morgan fingerprint density at radius 1 is 1.00 bits per heavy atom. The third kappa shape index (κ3) is 4.70. The molecule has 0 unspecified atom stereocenters. The zero-order valence-corrected chi connectivity index (χ0v) is 17.3. The Morgan fingerprint density at radius 3 is 2.21 bits per heavy atom. The second-order valence-electron chi connectivity index (χ2n) is 6.24. The summed E-state index contributed by atoms with van der Waals surface area (Å²) in [6, 6.07) is 15.4. The lowest BCUT2D eigenvalue weighted by Gasteiger charge is -2.21. The van der Waals surface area contributed by atoms with Crippen molar-refractivity contribution in [3.8, 4) is 11.5 Å². The summed E-state index contributed by atoms with van der Waals surface area (Å²) in [7, 11) is 0. The quantitative estimate of drug-likeness (QED) is 0.368. The van der Waals surface area contributed by atoms with Gasteiger partial charge in [0.15, 0.2) is 0 Å². The maximum absolute atomic E-state index is 13.0. The predicted molar refractivity (Wildman–Crippen MR) is 114 cm³/mol. The molecule has 0 aliphatic heterocycles. The third-order valence-electron chi connectivity index (χ3n) is 4.18. The Labute approximate surface area is 176 Å². The fraction of sp³-hybridized carbons (Fsp3) is 0.143. The molecule has 0 saturated carbocycles. The van der Waals surface area contributed by atoms with Crippen LogP contribution in [0, 0.1) is 0 Å². The van der Waals surface area contributed by atoms with E-state index in [2.05, 4.69) is 4.98 Å². The van der Waals surface area contributed by atoms with Gasteiger partial charge in [0.05, 0.1) is 25.2 Å². The standard InChI is InChI=1S/C21H17ClN2O2S2/c22-16-7-5-15(6-8-16)21-23-17(14-26-21)11-20(25)24(12-18-3-1-9-27-18)13-19-4-2-10-28-19/h1-10,14H,11-13H2. The van der Waals surface area contributed by atoms with E-state index >= 15 is 0 Å². The molecule has 0 saturated heterocycles. The molecule has 7 heteroatoms. The van der Waals surface area contributed by atoms with Crippen molar-refractivity contribution in [3.05, 3.63) is 86.0 Å². The first-order valence-electron chi connectivity index (χ1n) is 8.70. The molecule has 142 valence electrons. The molecule has 3 heterocycles. The fourth-order valence-electron chi connectivity index (χ4n) is 2.79. The van der Waals surface area contributed by atoms with E-state index in [9.17, 15) is 4.79 Å². The number of amides is 1. The molecule has 4 aromatic rings. The molecule has 0 N–H and O–H groups in total. The molecule has 0 aliphatic carbocycles. The van der Waals surface area contributed by atoms with Crippen LogP contribution in [0.25, 0.3) is 11.5 Å². The lowest BCUT2D eigenvalue weighted by atomic mass is 10.2. The lowest BCUT2D eigenvalue weighted by Crippen LogP contribution is -2.31. The first-order chi connectivity index (χ1) is 13.7. The number of hydrogen-bond donors (Lipinski definition) is 0. The van der Waals surface area contributed by atoms with Crippen LogP contribution in [-0.2, 0) is 24.3 Å².